The van der Waals surface area contributed by atoms with Crippen molar-refractivity contribution < 1.29 is 9.47 Å². The van der Waals surface area contributed by atoms with Crippen molar-refractivity contribution >= 4 is 17.4 Å². The molecule has 84 valence electrons. The second kappa shape index (κ2) is 7.45. The Labute approximate surface area is 94.6 Å². The molecule has 5 heteroatoms. The van der Waals surface area contributed by atoms with Crippen LogP contribution in [0.2, 0.25) is 5.15 Å². The summed E-state index contributed by atoms with van der Waals surface area (Å²) in [6.45, 7) is 2.56. The van der Waals surface area contributed by atoms with Crippen LogP contribution in [-0.4, -0.2) is 38.5 Å². The Morgan fingerprint density at radius 2 is 2.20 bits per heavy atom. The fourth-order valence-electron chi connectivity index (χ4n) is 1.00. The van der Waals surface area contributed by atoms with Gasteiger partial charge in [-0.05, 0) is 12.1 Å². The van der Waals surface area contributed by atoms with Crippen molar-refractivity contribution in [1.29, 1.82) is 0 Å². The first-order chi connectivity index (χ1) is 7.33. The number of aromatic nitrogens is 1. The summed E-state index contributed by atoms with van der Waals surface area (Å²) in [7, 11) is 1.65. The van der Waals surface area contributed by atoms with Crippen molar-refractivity contribution in [2.75, 3.05) is 38.8 Å². The number of pyridine rings is 1. The van der Waals surface area contributed by atoms with Gasteiger partial charge in [-0.3, -0.25) is 0 Å². The molecule has 1 rings (SSSR count). The molecule has 0 bridgehead atoms. The molecule has 1 aromatic rings. The zero-order chi connectivity index (χ0) is 10.9. The Balaban J connectivity index is 2.10. The number of nitrogens with one attached hydrogen (secondary N) is 1. The van der Waals surface area contributed by atoms with Crippen LogP contribution in [0.15, 0.2) is 18.2 Å². The largest absolute Gasteiger partial charge is 0.382 e. The summed E-state index contributed by atoms with van der Waals surface area (Å²) in [5.74, 6) is 0.762. The summed E-state index contributed by atoms with van der Waals surface area (Å²) in [5, 5.41) is 3.59. The van der Waals surface area contributed by atoms with Gasteiger partial charge in [-0.15, -0.1) is 0 Å². The van der Waals surface area contributed by atoms with Gasteiger partial charge in [-0.2, -0.15) is 0 Å². The van der Waals surface area contributed by atoms with E-state index in [0.717, 1.165) is 5.82 Å². The maximum Gasteiger partial charge on any atom is 0.131 e. The topological polar surface area (TPSA) is 43.4 Å². The van der Waals surface area contributed by atoms with Crippen molar-refractivity contribution in [3.8, 4) is 0 Å². The Morgan fingerprint density at radius 3 is 2.93 bits per heavy atom. The lowest BCUT2D eigenvalue weighted by molar-refractivity contribution is 0.0759. The summed E-state index contributed by atoms with van der Waals surface area (Å²) in [5.41, 5.74) is 0. The first-order valence-electron chi connectivity index (χ1n) is 4.76. The van der Waals surface area contributed by atoms with E-state index in [-0.39, 0.29) is 0 Å². The predicted molar refractivity (Wildman–Crippen MR) is 60.4 cm³/mol. The third-order valence-electron chi connectivity index (χ3n) is 1.70. The Bertz CT molecular complexity index is 284. The summed E-state index contributed by atoms with van der Waals surface area (Å²) >= 11 is 5.73. The van der Waals surface area contributed by atoms with Gasteiger partial charge in [-0.25, -0.2) is 4.98 Å². The van der Waals surface area contributed by atoms with E-state index < -0.39 is 0 Å². The molecule has 0 aromatic carbocycles. The van der Waals surface area contributed by atoms with E-state index in [1.165, 1.54) is 0 Å². The SMILES string of the molecule is COCCOCCNc1cccc(Cl)n1. The third kappa shape index (κ3) is 5.57. The molecule has 0 aliphatic carbocycles. The van der Waals surface area contributed by atoms with Gasteiger partial charge in [0.15, 0.2) is 0 Å². The zero-order valence-electron chi connectivity index (χ0n) is 8.70. The molecular weight excluding hydrogens is 216 g/mol. The van der Waals surface area contributed by atoms with E-state index in [1.54, 1.807) is 13.2 Å². The second-order valence-electron chi connectivity index (χ2n) is 2.88. The van der Waals surface area contributed by atoms with Crippen molar-refractivity contribution in [3.05, 3.63) is 23.4 Å². The number of hydrogen-bond acceptors (Lipinski definition) is 4. The van der Waals surface area contributed by atoms with Crippen molar-refractivity contribution in [2.24, 2.45) is 0 Å². The Morgan fingerprint density at radius 1 is 1.33 bits per heavy atom. The van der Waals surface area contributed by atoms with Gasteiger partial charge in [0.1, 0.15) is 11.0 Å². The highest BCUT2D eigenvalue weighted by Gasteiger charge is 1.94. The normalized spacial score (nSPS) is 10.3. The molecular formula is C10H15ClN2O2. The Kier molecular flexibility index (Phi) is 6.08. The van der Waals surface area contributed by atoms with Gasteiger partial charge in [0.25, 0.3) is 0 Å². The van der Waals surface area contributed by atoms with Gasteiger partial charge in [0.2, 0.25) is 0 Å². The lowest BCUT2D eigenvalue weighted by Crippen LogP contribution is -2.12. The van der Waals surface area contributed by atoms with Gasteiger partial charge < -0.3 is 14.8 Å². The smallest absolute Gasteiger partial charge is 0.131 e. The lowest BCUT2D eigenvalue weighted by atomic mass is 10.4. The van der Waals surface area contributed by atoms with Crippen LogP contribution in [0.5, 0.6) is 0 Å². The number of halogens is 1. The average Bonchev–Trinajstić information content (AvgIpc) is 2.23. The summed E-state index contributed by atoms with van der Waals surface area (Å²) in [6, 6.07) is 5.45. The minimum absolute atomic E-state index is 0.486. The molecule has 0 atom stereocenters. The number of anilines is 1. The zero-order valence-corrected chi connectivity index (χ0v) is 9.46. The van der Waals surface area contributed by atoms with E-state index in [9.17, 15) is 0 Å². The fraction of sp³-hybridized carbons (Fsp3) is 0.500. The minimum atomic E-state index is 0.486. The van der Waals surface area contributed by atoms with Crippen LogP contribution >= 0.6 is 11.6 Å². The molecule has 1 aromatic heterocycles. The van der Waals surface area contributed by atoms with Gasteiger partial charge >= 0.3 is 0 Å². The van der Waals surface area contributed by atoms with E-state index in [4.69, 9.17) is 21.1 Å². The van der Waals surface area contributed by atoms with Gasteiger partial charge in [-0.1, -0.05) is 17.7 Å². The molecule has 4 nitrogen and oxygen atoms in total. The molecule has 15 heavy (non-hydrogen) atoms. The maximum atomic E-state index is 5.73. The number of ether oxygens (including phenoxy) is 2. The van der Waals surface area contributed by atoms with Crippen LogP contribution in [0.4, 0.5) is 5.82 Å². The highest BCUT2D eigenvalue weighted by atomic mass is 35.5. The number of hydrogen-bond donors (Lipinski definition) is 1. The molecule has 0 aliphatic heterocycles. The molecule has 1 N–H and O–H groups in total. The molecule has 0 saturated heterocycles. The molecule has 0 spiro atoms. The van der Waals surface area contributed by atoms with Crippen LogP contribution in [0.1, 0.15) is 0 Å². The van der Waals surface area contributed by atoms with Crippen LogP contribution in [0.25, 0.3) is 0 Å². The maximum absolute atomic E-state index is 5.73. The highest BCUT2D eigenvalue weighted by Crippen LogP contribution is 2.08. The summed E-state index contributed by atoms with van der Waals surface area (Å²) in [6.07, 6.45) is 0. The van der Waals surface area contributed by atoms with Crippen molar-refractivity contribution in [3.63, 3.8) is 0 Å². The van der Waals surface area contributed by atoms with E-state index in [1.807, 2.05) is 12.1 Å². The second-order valence-corrected chi connectivity index (χ2v) is 3.26. The molecule has 0 fully saturated rings. The number of rotatable bonds is 7. The minimum Gasteiger partial charge on any atom is -0.382 e. The van der Waals surface area contributed by atoms with Gasteiger partial charge in [0.05, 0.1) is 19.8 Å². The van der Waals surface area contributed by atoms with Crippen LogP contribution in [-0.2, 0) is 9.47 Å². The molecule has 0 saturated carbocycles. The number of methoxy groups -OCH3 is 1. The quantitative estimate of drug-likeness (QED) is 0.573. The standard InChI is InChI=1S/C10H15ClN2O2/c1-14-7-8-15-6-5-12-10-4-2-3-9(11)13-10/h2-4H,5-8H2,1H3,(H,12,13). The van der Waals surface area contributed by atoms with Gasteiger partial charge in [0, 0.05) is 13.7 Å². The first kappa shape index (κ1) is 12.2. The first-order valence-corrected chi connectivity index (χ1v) is 5.14. The van der Waals surface area contributed by atoms with Crippen molar-refractivity contribution in [2.45, 2.75) is 0 Å². The van der Waals surface area contributed by atoms with Crippen LogP contribution < -0.4 is 5.32 Å². The van der Waals surface area contributed by atoms with Crippen molar-refractivity contribution in [1.82, 2.24) is 4.98 Å². The van der Waals surface area contributed by atoms with Crippen LogP contribution in [0.3, 0.4) is 0 Å². The predicted octanol–water partition coefficient (Wildman–Crippen LogP) is 1.81. The Hall–Kier alpha value is -0.840. The van der Waals surface area contributed by atoms with E-state index in [0.29, 0.717) is 31.5 Å². The average molecular weight is 231 g/mol. The monoisotopic (exact) mass is 230 g/mol. The molecule has 0 aliphatic rings. The molecule has 0 unspecified atom stereocenters. The molecule has 1 heterocycles. The van der Waals surface area contributed by atoms with E-state index in [2.05, 4.69) is 10.3 Å². The highest BCUT2D eigenvalue weighted by molar-refractivity contribution is 6.29. The molecule has 0 radical (unpaired) electrons. The van der Waals surface area contributed by atoms with E-state index >= 15 is 0 Å². The van der Waals surface area contributed by atoms with Crippen LogP contribution in [0, 0.1) is 0 Å². The molecule has 0 amide bonds. The summed E-state index contributed by atoms with van der Waals surface area (Å²) in [4.78, 5) is 4.08. The summed E-state index contributed by atoms with van der Waals surface area (Å²) < 4.78 is 10.1. The third-order valence-corrected chi connectivity index (χ3v) is 1.91. The fourth-order valence-corrected chi connectivity index (χ4v) is 1.17. The lowest BCUT2D eigenvalue weighted by Gasteiger charge is -2.06. The number of nitrogens with zero attached hydrogens (tertiary/aromatic N) is 1.